The predicted molar refractivity (Wildman–Crippen MR) is 108 cm³/mol. The van der Waals surface area contributed by atoms with Crippen molar-refractivity contribution in [2.45, 2.75) is 39.8 Å². The van der Waals surface area contributed by atoms with Crippen molar-refractivity contribution >= 4 is 10.4 Å². The van der Waals surface area contributed by atoms with Gasteiger partial charge in [0, 0.05) is 38.3 Å². The van der Waals surface area contributed by atoms with Gasteiger partial charge < -0.3 is 0 Å². The van der Waals surface area contributed by atoms with Gasteiger partial charge in [0.1, 0.15) is 0 Å². The van der Waals surface area contributed by atoms with Crippen LogP contribution < -0.4 is 0 Å². The lowest BCUT2D eigenvalue weighted by molar-refractivity contribution is 0.273. The summed E-state index contributed by atoms with van der Waals surface area (Å²) in [7, 11) is -4.67. The lowest BCUT2D eigenvalue weighted by atomic mass is 10.3. The first-order valence-corrected chi connectivity index (χ1v) is 9.45. The highest BCUT2D eigenvalue weighted by Crippen LogP contribution is 1.97. The highest BCUT2D eigenvalue weighted by Gasteiger charge is 2.03. The molecule has 0 unspecified atom stereocenters. The topological polar surface area (TPSA) is 81.1 Å². The molecule has 0 aliphatic carbocycles. The smallest absolute Gasteiger partial charge is 0.294 e. The summed E-state index contributed by atoms with van der Waals surface area (Å²) in [6, 6.07) is 1.16. The zero-order valence-electron chi connectivity index (χ0n) is 16.1. The SMILES string of the molecule is C=CCN(CC=C)C(C)C.C=CCN(CC=C)C(C)C.O=S(=O)(O)O. The molecule has 0 aromatic rings. The van der Waals surface area contributed by atoms with E-state index in [1.807, 2.05) is 24.3 Å². The van der Waals surface area contributed by atoms with Crippen LogP contribution in [0.3, 0.4) is 0 Å². The standard InChI is InChI=1S/2C9H17N.H2O4S/c2*1-5-7-10(8-6-2)9(3)4;1-5(2,3)4/h2*5-6,9H,1-2,7-8H2,3-4H3;(H2,1,2,3,4). The molecule has 0 bridgehead atoms. The van der Waals surface area contributed by atoms with Gasteiger partial charge in [0.25, 0.3) is 0 Å². The van der Waals surface area contributed by atoms with Crippen molar-refractivity contribution in [3.8, 4) is 0 Å². The van der Waals surface area contributed by atoms with Crippen molar-refractivity contribution < 1.29 is 17.5 Å². The van der Waals surface area contributed by atoms with Gasteiger partial charge in [-0.25, -0.2) is 0 Å². The molecule has 0 amide bonds. The zero-order valence-corrected chi connectivity index (χ0v) is 17.0. The van der Waals surface area contributed by atoms with Crippen molar-refractivity contribution in [1.82, 2.24) is 9.80 Å². The van der Waals surface area contributed by atoms with Crippen LogP contribution in [0.2, 0.25) is 0 Å². The summed E-state index contributed by atoms with van der Waals surface area (Å²) < 4.78 is 31.6. The van der Waals surface area contributed by atoms with E-state index < -0.39 is 10.4 Å². The van der Waals surface area contributed by atoms with Crippen LogP contribution in [0.1, 0.15) is 27.7 Å². The molecule has 0 spiro atoms. The van der Waals surface area contributed by atoms with Crippen LogP contribution in [0.15, 0.2) is 50.6 Å². The second-order valence-electron chi connectivity index (χ2n) is 5.70. The van der Waals surface area contributed by atoms with Gasteiger partial charge in [-0.15, -0.1) is 26.3 Å². The van der Waals surface area contributed by atoms with Gasteiger partial charge in [0.2, 0.25) is 0 Å². The van der Waals surface area contributed by atoms with Gasteiger partial charge in [-0.2, -0.15) is 8.42 Å². The van der Waals surface area contributed by atoms with Crippen molar-refractivity contribution in [2.75, 3.05) is 26.2 Å². The van der Waals surface area contributed by atoms with Crippen LogP contribution in [0, 0.1) is 0 Å². The molecule has 0 atom stereocenters. The summed E-state index contributed by atoms with van der Waals surface area (Å²) >= 11 is 0. The third kappa shape index (κ3) is 27.9. The quantitative estimate of drug-likeness (QED) is 0.449. The summed E-state index contributed by atoms with van der Waals surface area (Å²) in [6.45, 7) is 27.2. The molecule has 7 heteroatoms. The lowest BCUT2D eigenvalue weighted by Crippen LogP contribution is -2.30. The van der Waals surface area contributed by atoms with Crippen LogP contribution >= 0.6 is 0 Å². The fraction of sp³-hybridized carbons (Fsp3) is 0.556. The van der Waals surface area contributed by atoms with Crippen molar-refractivity contribution in [2.24, 2.45) is 0 Å². The zero-order chi connectivity index (χ0) is 20.5. The monoisotopic (exact) mass is 376 g/mol. The summed E-state index contributed by atoms with van der Waals surface area (Å²) in [4.78, 5) is 4.58. The Morgan fingerprint density at radius 3 is 0.960 bits per heavy atom. The molecule has 25 heavy (non-hydrogen) atoms. The molecule has 0 aromatic carbocycles. The second kappa shape index (κ2) is 17.6. The molecule has 0 radical (unpaired) electrons. The van der Waals surface area contributed by atoms with Gasteiger partial charge in [-0.05, 0) is 27.7 Å². The molecule has 6 nitrogen and oxygen atoms in total. The summed E-state index contributed by atoms with van der Waals surface area (Å²) in [5, 5.41) is 0. The van der Waals surface area contributed by atoms with E-state index >= 15 is 0 Å². The Kier molecular flexibility index (Phi) is 20.1. The maximum atomic E-state index is 8.74. The van der Waals surface area contributed by atoms with Gasteiger partial charge >= 0.3 is 10.4 Å². The number of hydrogen-bond acceptors (Lipinski definition) is 4. The van der Waals surface area contributed by atoms with Crippen molar-refractivity contribution in [3.05, 3.63) is 50.6 Å². The minimum absolute atomic E-state index is 0.580. The van der Waals surface area contributed by atoms with E-state index in [0.717, 1.165) is 26.2 Å². The second-order valence-corrected chi connectivity index (χ2v) is 6.59. The van der Waals surface area contributed by atoms with Crippen LogP contribution in [-0.2, 0) is 10.4 Å². The van der Waals surface area contributed by atoms with Gasteiger partial charge in [0.15, 0.2) is 0 Å². The van der Waals surface area contributed by atoms with Crippen molar-refractivity contribution in [1.29, 1.82) is 0 Å². The predicted octanol–water partition coefficient (Wildman–Crippen LogP) is 3.48. The maximum Gasteiger partial charge on any atom is 0.394 e. The summed E-state index contributed by atoms with van der Waals surface area (Å²) in [5.41, 5.74) is 0. The average molecular weight is 377 g/mol. The van der Waals surface area contributed by atoms with Crippen LogP contribution in [0.5, 0.6) is 0 Å². The number of hydrogen-bond donors (Lipinski definition) is 2. The van der Waals surface area contributed by atoms with E-state index in [0.29, 0.717) is 12.1 Å². The Bertz CT molecular complexity index is 404. The first kappa shape index (κ1) is 28.5. The van der Waals surface area contributed by atoms with Crippen LogP contribution in [-0.4, -0.2) is 65.6 Å². The van der Waals surface area contributed by atoms with Crippen LogP contribution in [0.4, 0.5) is 0 Å². The minimum atomic E-state index is -4.67. The number of rotatable bonds is 10. The molecule has 2 N–H and O–H groups in total. The molecule has 0 fully saturated rings. The normalized spacial score (nSPS) is 10.6. The average Bonchev–Trinajstić information content (AvgIpc) is 2.45. The third-order valence-corrected chi connectivity index (χ3v) is 2.92. The summed E-state index contributed by atoms with van der Waals surface area (Å²) in [6.07, 6.45) is 7.68. The van der Waals surface area contributed by atoms with E-state index in [-0.39, 0.29) is 0 Å². The van der Waals surface area contributed by atoms with Crippen molar-refractivity contribution in [3.63, 3.8) is 0 Å². The molecule has 0 aromatic heterocycles. The lowest BCUT2D eigenvalue weighted by Gasteiger charge is -2.22. The van der Waals surface area contributed by atoms with E-state index in [9.17, 15) is 0 Å². The van der Waals surface area contributed by atoms with Crippen LogP contribution in [0.25, 0.3) is 0 Å². The molecule has 148 valence electrons. The number of nitrogens with zero attached hydrogens (tertiary/aromatic N) is 2. The molecule has 0 aliphatic rings. The fourth-order valence-corrected chi connectivity index (χ4v) is 1.66. The molecule has 0 heterocycles. The third-order valence-electron chi connectivity index (χ3n) is 2.92. The first-order chi connectivity index (χ1) is 11.4. The Morgan fingerprint density at radius 2 is 0.880 bits per heavy atom. The Balaban J connectivity index is -0.000000308. The summed E-state index contributed by atoms with van der Waals surface area (Å²) in [5.74, 6) is 0. The molecule has 0 saturated carbocycles. The van der Waals surface area contributed by atoms with E-state index in [2.05, 4.69) is 63.8 Å². The largest absolute Gasteiger partial charge is 0.394 e. The van der Waals surface area contributed by atoms with E-state index in [4.69, 9.17) is 17.5 Å². The fourth-order valence-electron chi connectivity index (χ4n) is 1.66. The van der Waals surface area contributed by atoms with Gasteiger partial charge in [-0.1, -0.05) is 24.3 Å². The molecule has 0 saturated heterocycles. The minimum Gasteiger partial charge on any atom is -0.294 e. The highest BCUT2D eigenvalue weighted by atomic mass is 32.3. The molecule has 0 aliphatic heterocycles. The molecular formula is C18H36N2O4S. The van der Waals surface area contributed by atoms with Gasteiger partial charge in [0.05, 0.1) is 0 Å². The Labute approximate surface area is 154 Å². The van der Waals surface area contributed by atoms with Gasteiger partial charge in [-0.3, -0.25) is 18.9 Å². The van der Waals surface area contributed by atoms with E-state index in [1.54, 1.807) is 0 Å². The van der Waals surface area contributed by atoms with E-state index in [1.165, 1.54) is 0 Å². The Morgan fingerprint density at radius 1 is 0.720 bits per heavy atom. The highest BCUT2D eigenvalue weighted by molar-refractivity contribution is 7.79. The maximum absolute atomic E-state index is 8.74. The molecular weight excluding hydrogens is 340 g/mol. The first-order valence-electron chi connectivity index (χ1n) is 8.06. The molecule has 0 rings (SSSR count). The Hall–Kier alpha value is -1.25.